The minimum absolute atomic E-state index is 0.309. The van der Waals surface area contributed by atoms with Crippen LogP contribution in [0.25, 0.3) is 0 Å². The number of hydrogen-bond acceptors (Lipinski definition) is 7. The van der Waals surface area contributed by atoms with Crippen molar-refractivity contribution in [2.75, 3.05) is 16.4 Å². The minimum Gasteiger partial charge on any atom is -0.455 e. The Morgan fingerprint density at radius 1 is 1.10 bits per heavy atom. The van der Waals surface area contributed by atoms with Crippen LogP contribution in [0, 0.1) is 0 Å². The second-order valence-corrected chi connectivity index (χ2v) is 9.84. The summed E-state index contributed by atoms with van der Waals surface area (Å²) in [5.41, 5.74) is 6.74. The number of nitrogens with one attached hydrogen (secondary N) is 2. The summed E-state index contributed by atoms with van der Waals surface area (Å²) in [5, 5.41) is 5.84. The number of anilines is 3. The maximum Gasteiger partial charge on any atom is 0.412 e. The molecule has 0 aliphatic rings. The summed E-state index contributed by atoms with van der Waals surface area (Å²) in [4.78, 5) is 28.3. The van der Waals surface area contributed by atoms with Gasteiger partial charge < -0.3 is 15.2 Å². The first-order chi connectivity index (χ1) is 14.6. The van der Waals surface area contributed by atoms with E-state index >= 15 is 0 Å². The van der Waals surface area contributed by atoms with E-state index in [0.717, 1.165) is 3.79 Å². The fourth-order valence-corrected chi connectivity index (χ4v) is 3.52. The van der Waals surface area contributed by atoms with Crippen molar-refractivity contribution in [3.8, 4) is 11.5 Å². The van der Waals surface area contributed by atoms with Crippen LogP contribution in [0.1, 0.15) is 31.1 Å². The monoisotopic (exact) mass is 504 g/mol. The van der Waals surface area contributed by atoms with Crippen molar-refractivity contribution < 1.29 is 19.1 Å². The molecule has 10 heteroatoms. The Morgan fingerprint density at radius 2 is 1.81 bits per heavy atom. The smallest absolute Gasteiger partial charge is 0.412 e. The zero-order valence-corrected chi connectivity index (χ0v) is 19.5. The van der Waals surface area contributed by atoms with Gasteiger partial charge in [-0.2, -0.15) is 0 Å². The van der Waals surface area contributed by atoms with Gasteiger partial charge in [0.05, 0.1) is 15.7 Å². The summed E-state index contributed by atoms with van der Waals surface area (Å²) in [7, 11) is 0. The van der Waals surface area contributed by atoms with Crippen LogP contribution in [-0.2, 0) is 4.74 Å². The molecule has 3 rings (SSSR count). The number of nitrogen functional groups attached to an aromatic ring is 1. The van der Waals surface area contributed by atoms with Gasteiger partial charge in [-0.3, -0.25) is 15.4 Å². The molecule has 0 atom stereocenters. The number of rotatable bonds is 5. The van der Waals surface area contributed by atoms with Crippen LogP contribution in [0.4, 0.5) is 21.3 Å². The highest BCUT2D eigenvalue weighted by Crippen LogP contribution is 2.30. The fourth-order valence-electron chi connectivity index (χ4n) is 2.42. The Labute approximate surface area is 191 Å². The highest BCUT2D eigenvalue weighted by atomic mass is 79.9. The minimum atomic E-state index is -0.579. The molecule has 0 saturated carbocycles. The number of thiazole rings is 1. The lowest BCUT2D eigenvalue weighted by molar-refractivity contribution is 0.0635. The number of nitrogens with two attached hydrogens (primary N) is 1. The number of halogens is 1. The summed E-state index contributed by atoms with van der Waals surface area (Å²) in [5.74, 6) is 0.602. The molecule has 0 unspecified atom stereocenters. The van der Waals surface area contributed by atoms with Crippen molar-refractivity contribution in [3.63, 3.8) is 0 Å². The number of nitrogens with zero attached hydrogens (tertiary/aromatic N) is 1. The Balaban J connectivity index is 1.62. The van der Waals surface area contributed by atoms with Crippen molar-refractivity contribution in [2.45, 2.75) is 26.4 Å². The SMILES string of the molecule is CC(C)(C)OC(=O)Nc1ccc(Oc2ccc(C(=O)Nc3ncc(Br)s3)cc2N)cc1. The van der Waals surface area contributed by atoms with Crippen LogP contribution in [0.3, 0.4) is 0 Å². The van der Waals surface area contributed by atoms with Crippen molar-refractivity contribution in [1.82, 2.24) is 4.98 Å². The third-order valence-electron chi connectivity index (χ3n) is 3.70. The largest absolute Gasteiger partial charge is 0.455 e. The van der Waals surface area contributed by atoms with Crippen molar-refractivity contribution in [2.24, 2.45) is 0 Å². The van der Waals surface area contributed by atoms with E-state index in [4.69, 9.17) is 15.2 Å². The van der Waals surface area contributed by atoms with Crippen LogP contribution in [0.15, 0.2) is 52.4 Å². The van der Waals surface area contributed by atoms with Gasteiger partial charge in [-0.05, 0) is 79.2 Å². The van der Waals surface area contributed by atoms with E-state index in [9.17, 15) is 9.59 Å². The van der Waals surface area contributed by atoms with E-state index in [2.05, 4.69) is 31.5 Å². The number of benzene rings is 2. The highest BCUT2D eigenvalue weighted by molar-refractivity contribution is 9.11. The maximum atomic E-state index is 12.4. The van der Waals surface area contributed by atoms with E-state index in [1.807, 2.05) is 0 Å². The average molecular weight is 505 g/mol. The van der Waals surface area contributed by atoms with Crippen molar-refractivity contribution >= 4 is 55.8 Å². The Bertz CT molecular complexity index is 1090. The zero-order valence-electron chi connectivity index (χ0n) is 17.1. The molecule has 0 radical (unpaired) electrons. The van der Waals surface area contributed by atoms with Gasteiger partial charge in [0.15, 0.2) is 5.13 Å². The van der Waals surface area contributed by atoms with Gasteiger partial charge in [-0.25, -0.2) is 9.78 Å². The number of aromatic nitrogens is 1. The summed E-state index contributed by atoms with van der Waals surface area (Å²) < 4.78 is 11.8. The van der Waals surface area contributed by atoms with E-state index < -0.39 is 11.7 Å². The lowest BCUT2D eigenvalue weighted by Gasteiger charge is -2.19. The van der Waals surface area contributed by atoms with Gasteiger partial charge in [0, 0.05) is 11.3 Å². The maximum absolute atomic E-state index is 12.4. The number of carbonyl (C=O) groups excluding carboxylic acids is 2. The number of amides is 2. The fraction of sp³-hybridized carbons (Fsp3) is 0.190. The summed E-state index contributed by atoms with van der Waals surface area (Å²) in [6.07, 6.45) is 1.07. The summed E-state index contributed by atoms with van der Waals surface area (Å²) in [6, 6.07) is 11.5. The molecule has 1 aromatic heterocycles. The van der Waals surface area contributed by atoms with Crippen LogP contribution in [0.5, 0.6) is 11.5 Å². The van der Waals surface area contributed by atoms with Crippen LogP contribution in [0.2, 0.25) is 0 Å². The third-order valence-corrected chi connectivity index (χ3v) is 5.09. The molecule has 0 saturated heterocycles. The lowest BCUT2D eigenvalue weighted by atomic mass is 10.1. The normalized spacial score (nSPS) is 11.0. The lowest BCUT2D eigenvalue weighted by Crippen LogP contribution is -2.27. The molecule has 1 heterocycles. The summed E-state index contributed by atoms with van der Waals surface area (Å²) in [6.45, 7) is 5.38. The number of ether oxygens (including phenoxy) is 2. The molecule has 8 nitrogen and oxygen atoms in total. The first-order valence-corrected chi connectivity index (χ1v) is 10.8. The molecule has 0 fully saturated rings. The van der Waals surface area contributed by atoms with Crippen LogP contribution < -0.4 is 21.1 Å². The molecule has 3 aromatic rings. The molecule has 0 aliphatic heterocycles. The van der Waals surface area contributed by atoms with Crippen LogP contribution >= 0.6 is 27.3 Å². The predicted molar refractivity (Wildman–Crippen MR) is 125 cm³/mol. The first-order valence-electron chi connectivity index (χ1n) is 9.19. The van der Waals surface area contributed by atoms with Crippen molar-refractivity contribution in [1.29, 1.82) is 0 Å². The molecule has 2 amide bonds. The third kappa shape index (κ3) is 6.69. The molecular weight excluding hydrogens is 484 g/mol. The van der Waals surface area contributed by atoms with Crippen LogP contribution in [-0.4, -0.2) is 22.6 Å². The van der Waals surface area contributed by atoms with E-state index in [1.54, 1.807) is 63.4 Å². The topological polar surface area (TPSA) is 116 Å². The van der Waals surface area contributed by atoms with Crippen molar-refractivity contribution in [3.05, 3.63) is 58.0 Å². The molecule has 4 N–H and O–H groups in total. The molecule has 2 aromatic carbocycles. The average Bonchev–Trinajstić information content (AvgIpc) is 3.08. The Kier molecular flexibility index (Phi) is 6.81. The van der Waals surface area contributed by atoms with Gasteiger partial charge in [0.1, 0.15) is 17.1 Å². The molecule has 0 bridgehead atoms. The Hall–Kier alpha value is -3.11. The molecule has 31 heavy (non-hydrogen) atoms. The zero-order chi connectivity index (χ0) is 22.6. The second-order valence-electron chi connectivity index (χ2n) is 7.43. The van der Waals surface area contributed by atoms with Gasteiger partial charge in [0.2, 0.25) is 0 Å². The predicted octanol–water partition coefficient (Wildman–Crippen LogP) is 5.88. The molecule has 0 aliphatic carbocycles. The summed E-state index contributed by atoms with van der Waals surface area (Å²) >= 11 is 4.61. The highest BCUT2D eigenvalue weighted by Gasteiger charge is 2.16. The van der Waals surface area contributed by atoms with E-state index in [-0.39, 0.29) is 5.91 Å². The first kappa shape index (κ1) is 22.6. The Morgan fingerprint density at radius 3 is 2.39 bits per heavy atom. The number of hydrogen-bond donors (Lipinski definition) is 3. The molecule has 0 spiro atoms. The molecule has 162 valence electrons. The van der Waals surface area contributed by atoms with Gasteiger partial charge in [0.25, 0.3) is 5.91 Å². The second kappa shape index (κ2) is 9.36. The quantitative estimate of drug-likeness (QED) is 0.373. The van der Waals surface area contributed by atoms with E-state index in [0.29, 0.717) is 33.6 Å². The van der Waals surface area contributed by atoms with Gasteiger partial charge >= 0.3 is 6.09 Å². The number of carbonyl (C=O) groups is 2. The van der Waals surface area contributed by atoms with Gasteiger partial charge in [-0.15, -0.1) is 0 Å². The van der Waals surface area contributed by atoms with Gasteiger partial charge in [-0.1, -0.05) is 11.3 Å². The standard InChI is InChI=1S/C21H21BrN4O4S/c1-21(2,3)30-20(28)25-13-5-7-14(8-6-13)29-16-9-4-12(10-15(16)23)18(27)26-19-24-11-17(22)31-19/h4-11H,23H2,1-3H3,(H,25,28)(H,24,26,27). The van der Waals surface area contributed by atoms with E-state index in [1.165, 1.54) is 17.4 Å². The molecular formula is C21H21BrN4O4S.